The molecule has 3 amide bonds. The SMILES string of the molecule is COc1nc2c(cc1CN1CCN(C)CC1=O)CCCN2C(=O)Nc1cc(CC(C)c2ccc(C)s2)c(C#N)cn1. The van der Waals surface area contributed by atoms with Crippen molar-refractivity contribution in [3.8, 4) is 11.9 Å². The number of urea groups is 1. The predicted octanol–water partition coefficient (Wildman–Crippen LogP) is 4.33. The molecule has 1 saturated heterocycles. The zero-order chi connectivity index (χ0) is 29.1. The fourth-order valence-corrected chi connectivity index (χ4v) is 6.30. The highest BCUT2D eigenvalue weighted by molar-refractivity contribution is 7.12. The van der Waals surface area contributed by atoms with Crippen LogP contribution in [0.3, 0.4) is 0 Å². The van der Waals surface area contributed by atoms with E-state index >= 15 is 0 Å². The number of fused-ring (bicyclic) bond motifs is 1. The number of nitriles is 1. The summed E-state index contributed by atoms with van der Waals surface area (Å²) in [6.45, 7) is 7.01. The molecule has 1 atom stereocenters. The van der Waals surface area contributed by atoms with Gasteiger partial charge in [0.15, 0.2) is 0 Å². The van der Waals surface area contributed by atoms with Crippen molar-refractivity contribution < 1.29 is 14.3 Å². The molecule has 1 N–H and O–H groups in total. The smallest absolute Gasteiger partial charge is 0.328 e. The molecule has 5 heterocycles. The maximum absolute atomic E-state index is 13.5. The third kappa shape index (κ3) is 6.34. The number of likely N-dealkylation sites (N-methyl/N-ethyl adjacent to an activating group) is 1. The molecule has 10 nitrogen and oxygen atoms in total. The minimum absolute atomic E-state index is 0.0775. The Morgan fingerprint density at radius 3 is 2.78 bits per heavy atom. The second kappa shape index (κ2) is 12.2. The molecule has 0 bridgehead atoms. The number of carbonyl (C=O) groups is 2. The van der Waals surface area contributed by atoms with Gasteiger partial charge in [-0.15, -0.1) is 11.3 Å². The lowest BCUT2D eigenvalue weighted by Gasteiger charge is -2.33. The molecular formula is C30H35N7O3S. The standard InChI is InChI=1S/C30H35N7O3S/c1-19(25-8-7-20(2)41-25)12-22-14-26(32-16-24(22)15-31)33-30(39)37-9-5-6-21-13-23(29(40-4)34-28(21)37)17-36-11-10-35(3)18-27(36)38/h7-8,13-14,16,19H,5-6,9-12,17-18H2,1-4H3,(H,32,33,39). The third-order valence-electron chi connectivity index (χ3n) is 7.63. The van der Waals surface area contributed by atoms with Crippen LogP contribution in [0.2, 0.25) is 0 Å². The number of ether oxygens (including phenoxy) is 1. The van der Waals surface area contributed by atoms with E-state index in [9.17, 15) is 14.9 Å². The van der Waals surface area contributed by atoms with Crippen LogP contribution >= 0.6 is 11.3 Å². The summed E-state index contributed by atoms with van der Waals surface area (Å²) in [7, 11) is 3.49. The van der Waals surface area contributed by atoms with Crippen LogP contribution in [-0.2, 0) is 24.2 Å². The second-order valence-electron chi connectivity index (χ2n) is 10.8. The molecule has 0 aromatic carbocycles. The van der Waals surface area contributed by atoms with Crippen LogP contribution in [0.25, 0.3) is 0 Å². The maximum atomic E-state index is 13.5. The fourth-order valence-electron chi connectivity index (χ4n) is 5.38. The molecular weight excluding hydrogens is 538 g/mol. The normalized spacial score (nSPS) is 16.2. The molecule has 3 aromatic rings. The monoisotopic (exact) mass is 573 g/mol. The van der Waals surface area contributed by atoms with Gasteiger partial charge in [0, 0.05) is 41.1 Å². The van der Waals surface area contributed by atoms with Crippen molar-refractivity contribution in [1.82, 2.24) is 19.8 Å². The van der Waals surface area contributed by atoms with Gasteiger partial charge in [0.2, 0.25) is 11.8 Å². The van der Waals surface area contributed by atoms with Gasteiger partial charge in [0.25, 0.3) is 0 Å². The Balaban J connectivity index is 1.34. The van der Waals surface area contributed by atoms with Crippen LogP contribution in [0.15, 0.2) is 30.5 Å². The van der Waals surface area contributed by atoms with E-state index in [-0.39, 0.29) is 17.9 Å². The number of methoxy groups -OCH3 is 1. The summed E-state index contributed by atoms with van der Waals surface area (Å²) < 4.78 is 5.61. The number of pyridine rings is 2. The van der Waals surface area contributed by atoms with Crippen molar-refractivity contribution >= 4 is 34.9 Å². The number of thiophene rings is 1. The van der Waals surface area contributed by atoms with Gasteiger partial charge in [-0.25, -0.2) is 9.78 Å². The van der Waals surface area contributed by atoms with Gasteiger partial charge in [-0.05, 0) is 74.5 Å². The highest BCUT2D eigenvalue weighted by atomic mass is 32.1. The maximum Gasteiger partial charge on any atom is 0.328 e. The average molecular weight is 574 g/mol. The lowest BCUT2D eigenvalue weighted by atomic mass is 9.97. The van der Waals surface area contributed by atoms with Crippen LogP contribution in [0.5, 0.6) is 5.88 Å². The highest BCUT2D eigenvalue weighted by Crippen LogP contribution is 2.32. The number of carbonyl (C=O) groups excluding carboxylic acids is 2. The molecule has 0 radical (unpaired) electrons. The van der Waals surface area contributed by atoms with E-state index in [4.69, 9.17) is 9.72 Å². The zero-order valence-corrected chi connectivity index (χ0v) is 24.8. The fraction of sp³-hybridized carbons (Fsp3) is 0.433. The number of amides is 3. The molecule has 3 aromatic heterocycles. The molecule has 0 spiro atoms. The van der Waals surface area contributed by atoms with Crippen LogP contribution in [0.1, 0.15) is 51.3 Å². The Hall–Kier alpha value is -4.01. The summed E-state index contributed by atoms with van der Waals surface area (Å²) in [5.74, 6) is 1.66. The Labute approximate surface area is 244 Å². The largest absolute Gasteiger partial charge is 0.481 e. The molecule has 214 valence electrons. The van der Waals surface area contributed by atoms with E-state index in [1.807, 2.05) is 22.9 Å². The van der Waals surface area contributed by atoms with E-state index in [1.165, 1.54) is 16.0 Å². The number of aromatic nitrogens is 2. The number of nitrogens with one attached hydrogen (secondary N) is 1. The minimum Gasteiger partial charge on any atom is -0.481 e. The van der Waals surface area contributed by atoms with Crippen LogP contribution in [0.4, 0.5) is 16.4 Å². The van der Waals surface area contributed by atoms with Gasteiger partial charge in [-0.2, -0.15) is 10.2 Å². The van der Waals surface area contributed by atoms with Crippen molar-refractivity contribution in [3.63, 3.8) is 0 Å². The third-order valence-corrected chi connectivity index (χ3v) is 8.86. The molecule has 0 saturated carbocycles. The molecule has 1 unspecified atom stereocenters. The van der Waals surface area contributed by atoms with E-state index in [0.717, 1.165) is 36.1 Å². The van der Waals surface area contributed by atoms with Crippen LogP contribution < -0.4 is 15.0 Å². The molecule has 11 heteroatoms. The lowest BCUT2D eigenvalue weighted by Crippen LogP contribution is -2.48. The summed E-state index contributed by atoms with van der Waals surface area (Å²) in [5, 5.41) is 12.6. The zero-order valence-electron chi connectivity index (χ0n) is 23.9. The quantitative estimate of drug-likeness (QED) is 0.447. The van der Waals surface area contributed by atoms with Crippen molar-refractivity contribution in [2.24, 2.45) is 0 Å². The van der Waals surface area contributed by atoms with Crippen molar-refractivity contribution in [3.05, 3.63) is 62.5 Å². The molecule has 2 aliphatic heterocycles. The first-order valence-corrected chi connectivity index (χ1v) is 14.6. The van der Waals surface area contributed by atoms with E-state index < -0.39 is 0 Å². The minimum atomic E-state index is -0.340. The van der Waals surface area contributed by atoms with Crippen molar-refractivity contribution in [2.75, 3.05) is 50.6 Å². The number of hydrogen-bond acceptors (Lipinski definition) is 8. The topological polar surface area (TPSA) is 115 Å². The first-order chi connectivity index (χ1) is 19.7. The van der Waals surface area contributed by atoms with E-state index in [2.05, 4.69) is 42.4 Å². The summed E-state index contributed by atoms with van der Waals surface area (Å²) in [6.07, 6.45) is 3.75. The van der Waals surface area contributed by atoms with Crippen LogP contribution in [0, 0.1) is 18.3 Å². The predicted molar refractivity (Wildman–Crippen MR) is 159 cm³/mol. The summed E-state index contributed by atoms with van der Waals surface area (Å²) in [5.41, 5.74) is 3.12. The van der Waals surface area contributed by atoms with E-state index in [0.29, 0.717) is 55.7 Å². The molecule has 1 fully saturated rings. The molecule has 2 aliphatic rings. The van der Waals surface area contributed by atoms with Gasteiger partial charge in [-0.3, -0.25) is 19.9 Å². The Kier molecular flexibility index (Phi) is 8.52. The second-order valence-corrected chi connectivity index (χ2v) is 12.1. The first kappa shape index (κ1) is 28.5. The van der Waals surface area contributed by atoms with Gasteiger partial charge in [0.05, 0.1) is 25.8 Å². The summed E-state index contributed by atoms with van der Waals surface area (Å²) in [4.78, 5) is 43.1. The first-order valence-electron chi connectivity index (χ1n) is 13.8. The number of nitrogens with zero attached hydrogens (tertiary/aromatic N) is 6. The Bertz CT molecular complexity index is 1500. The number of piperazine rings is 1. The van der Waals surface area contributed by atoms with Gasteiger partial charge >= 0.3 is 6.03 Å². The average Bonchev–Trinajstić information content (AvgIpc) is 3.40. The van der Waals surface area contributed by atoms with Crippen LogP contribution in [-0.4, -0.2) is 72.0 Å². The highest BCUT2D eigenvalue weighted by Gasteiger charge is 2.29. The number of aryl methyl sites for hydroxylation is 2. The number of anilines is 2. The van der Waals surface area contributed by atoms with Gasteiger partial charge < -0.3 is 9.64 Å². The molecule has 5 rings (SSSR count). The number of rotatable bonds is 7. The Morgan fingerprint density at radius 1 is 1.24 bits per heavy atom. The molecule has 41 heavy (non-hydrogen) atoms. The lowest BCUT2D eigenvalue weighted by molar-refractivity contribution is -0.136. The van der Waals surface area contributed by atoms with Gasteiger partial charge in [-0.1, -0.05) is 6.92 Å². The summed E-state index contributed by atoms with van der Waals surface area (Å²) in [6, 6.07) is 9.93. The molecule has 0 aliphatic carbocycles. The van der Waals surface area contributed by atoms with Crippen molar-refractivity contribution in [2.45, 2.75) is 45.6 Å². The van der Waals surface area contributed by atoms with E-state index in [1.54, 1.807) is 29.4 Å². The Morgan fingerprint density at radius 2 is 2.07 bits per heavy atom. The summed E-state index contributed by atoms with van der Waals surface area (Å²) >= 11 is 1.76. The van der Waals surface area contributed by atoms with Gasteiger partial charge in [0.1, 0.15) is 17.7 Å². The van der Waals surface area contributed by atoms with Crippen molar-refractivity contribution in [1.29, 1.82) is 5.26 Å². The number of hydrogen-bond donors (Lipinski definition) is 1.